The second-order valence-electron chi connectivity index (χ2n) is 2.64. The van der Waals surface area contributed by atoms with Gasteiger partial charge < -0.3 is 5.11 Å². The Morgan fingerprint density at radius 2 is 2.08 bits per heavy atom. The molecule has 1 atom stereocenters. The molecule has 1 unspecified atom stereocenters. The average Bonchev–Trinajstić information content (AvgIpc) is 2.26. The van der Waals surface area contributed by atoms with E-state index in [0.717, 1.165) is 0 Å². The molecule has 0 radical (unpaired) electrons. The largest absolute Gasteiger partial charge is 0.382 e. The quantitative estimate of drug-likeness (QED) is 0.867. The normalized spacial score (nSPS) is 14.6. The van der Waals surface area contributed by atoms with Gasteiger partial charge in [0.1, 0.15) is 6.10 Å². The minimum absolute atomic E-state index is 0.212. The predicted octanol–water partition coefficient (Wildman–Crippen LogP) is 3.96. The van der Waals surface area contributed by atoms with Crippen LogP contribution in [0.3, 0.4) is 0 Å². The molecule has 1 heterocycles. The van der Waals surface area contributed by atoms with Crippen molar-refractivity contribution < 1.29 is 13.9 Å². The molecule has 0 aliphatic rings. The van der Waals surface area contributed by atoms with Gasteiger partial charge in [0.15, 0.2) is 0 Å². The Bertz CT molecular complexity index is 308. The van der Waals surface area contributed by atoms with Gasteiger partial charge in [-0.1, -0.05) is 0 Å². The number of thiophene rings is 1. The van der Waals surface area contributed by atoms with Crippen molar-refractivity contribution in [1.82, 2.24) is 0 Å². The fraction of sp³-hybridized carbons (Fsp3) is 0.429. The van der Waals surface area contributed by atoms with Gasteiger partial charge in [-0.15, -0.1) is 11.3 Å². The molecule has 74 valence electrons. The number of rotatable bonds is 2. The van der Waals surface area contributed by atoms with E-state index in [-0.39, 0.29) is 5.56 Å². The van der Waals surface area contributed by atoms with Crippen molar-refractivity contribution in [3.63, 3.8) is 0 Å². The van der Waals surface area contributed by atoms with Gasteiger partial charge in [0, 0.05) is 12.5 Å². The fourth-order valence-corrected chi connectivity index (χ4v) is 3.70. The minimum atomic E-state index is -3.12. The van der Waals surface area contributed by atoms with Crippen molar-refractivity contribution in [2.24, 2.45) is 0 Å². The molecule has 0 bridgehead atoms. The minimum Gasteiger partial charge on any atom is -0.382 e. The van der Waals surface area contributed by atoms with Gasteiger partial charge >= 0.3 is 0 Å². The first-order valence-corrected chi connectivity index (χ1v) is 5.73. The molecule has 0 aliphatic heterocycles. The SMILES string of the molecule is CC(F)(F)C(O)c1cc(Br)sc1Br. The van der Waals surface area contributed by atoms with Gasteiger partial charge in [-0.3, -0.25) is 0 Å². The zero-order valence-electron chi connectivity index (χ0n) is 6.52. The van der Waals surface area contributed by atoms with E-state index in [2.05, 4.69) is 31.9 Å². The molecule has 0 aromatic carbocycles. The maximum Gasteiger partial charge on any atom is 0.274 e. The van der Waals surface area contributed by atoms with E-state index in [1.54, 1.807) is 0 Å². The standard InChI is InChI=1S/C7H6Br2F2OS/c1-7(10,11)5(12)3-2-4(8)13-6(3)9/h2,5,12H,1H3. The summed E-state index contributed by atoms with van der Waals surface area (Å²) in [7, 11) is 0. The van der Waals surface area contributed by atoms with E-state index in [9.17, 15) is 13.9 Å². The lowest BCUT2D eigenvalue weighted by atomic mass is 10.1. The van der Waals surface area contributed by atoms with Crippen LogP contribution in [0.25, 0.3) is 0 Å². The van der Waals surface area contributed by atoms with Crippen LogP contribution in [0.15, 0.2) is 13.6 Å². The van der Waals surface area contributed by atoms with Gasteiger partial charge in [0.25, 0.3) is 5.92 Å². The zero-order valence-corrected chi connectivity index (χ0v) is 10.5. The second-order valence-corrected chi connectivity index (χ2v) is 6.39. The molecule has 0 aliphatic carbocycles. The summed E-state index contributed by atoms with van der Waals surface area (Å²) in [6.45, 7) is 0.690. The molecule has 1 nitrogen and oxygen atoms in total. The number of halogens is 4. The molecule has 1 aromatic rings. The highest BCUT2D eigenvalue weighted by Gasteiger charge is 2.35. The topological polar surface area (TPSA) is 20.2 Å². The molecule has 0 amide bonds. The predicted molar refractivity (Wildman–Crippen MR) is 55.3 cm³/mol. The molecule has 1 N–H and O–H groups in total. The summed E-state index contributed by atoms with van der Waals surface area (Å²) in [5.74, 6) is -3.12. The number of alkyl halides is 2. The summed E-state index contributed by atoms with van der Waals surface area (Å²) in [6, 6.07) is 1.48. The molecule has 13 heavy (non-hydrogen) atoms. The molecule has 1 rings (SSSR count). The van der Waals surface area contributed by atoms with Crippen molar-refractivity contribution in [2.75, 3.05) is 0 Å². The Kier molecular flexibility index (Phi) is 3.49. The summed E-state index contributed by atoms with van der Waals surface area (Å²) >= 11 is 7.51. The van der Waals surface area contributed by atoms with Crippen molar-refractivity contribution in [3.8, 4) is 0 Å². The van der Waals surface area contributed by atoms with Gasteiger partial charge in [-0.2, -0.15) is 0 Å². The van der Waals surface area contributed by atoms with Crippen LogP contribution in [0.5, 0.6) is 0 Å². The summed E-state index contributed by atoms with van der Waals surface area (Å²) < 4.78 is 26.6. The van der Waals surface area contributed by atoms with E-state index in [1.807, 2.05) is 0 Å². The van der Waals surface area contributed by atoms with Crippen LogP contribution in [-0.4, -0.2) is 11.0 Å². The molecule has 0 spiro atoms. The maximum absolute atomic E-state index is 12.7. The molecule has 1 aromatic heterocycles. The summed E-state index contributed by atoms with van der Waals surface area (Å²) in [6.07, 6.45) is -1.76. The zero-order chi connectivity index (χ0) is 10.2. The highest BCUT2D eigenvalue weighted by molar-refractivity contribution is 9.12. The van der Waals surface area contributed by atoms with Crippen LogP contribution in [0.2, 0.25) is 0 Å². The lowest BCUT2D eigenvalue weighted by molar-refractivity contribution is -0.0955. The van der Waals surface area contributed by atoms with E-state index >= 15 is 0 Å². The van der Waals surface area contributed by atoms with Gasteiger partial charge in [0.2, 0.25) is 0 Å². The Morgan fingerprint density at radius 3 is 2.38 bits per heavy atom. The number of hydrogen-bond donors (Lipinski definition) is 1. The first-order valence-electron chi connectivity index (χ1n) is 3.33. The second kappa shape index (κ2) is 3.92. The van der Waals surface area contributed by atoms with Crippen molar-refractivity contribution in [3.05, 3.63) is 19.2 Å². The smallest absolute Gasteiger partial charge is 0.274 e. The summed E-state index contributed by atoms with van der Waals surface area (Å²) in [5, 5.41) is 9.26. The average molecular weight is 336 g/mol. The van der Waals surface area contributed by atoms with Crippen molar-refractivity contribution in [1.29, 1.82) is 0 Å². The van der Waals surface area contributed by atoms with Crippen LogP contribution in [-0.2, 0) is 0 Å². The third-order valence-corrected chi connectivity index (χ3v) is 3.84. The highest BCUT2D eigenvalue weighted by Crippen LogP contribution is 2.40. The molecule has 0 fully saturated rings. The molecule has 6 heteroatoms. The molecule has 0 saturated heterocycles. The van der Waals surface area contributed by atoms with Gasteiger partial charge in [-0.05, 0) is 37.9 Å². The summed E-state index contributed by atoms with van der Waals surface area (Å²) in [5.41, 5.74) is 0.212. The van der Waals surface area contributed by atoms with Crippen LogP contribution in [0, 0.1) is 0 Å². The lowest BCUT2D eigenvalue weighted by Gasteiger charge is -2.17. The van der Waals surface area contributed by atoms with E-state index in [4.69, 9.17) is 0 Å². The Morgan fingerprint density at radius 1 is 1.54 bits per heavy atom. The highest BCUT2D eigenvalue weighted by atomic mass is 79.9. The van der Waals surface area contributed by atoms with Gasteiger partial charge in [0.05, 0.1) is 7.57 Å². The number of aliphatic hydroxyl groups is 1. The van der Waals surface area contributed by atoms with Crippen LogP contribution in [0.1, 0.15) is 18.6 Å². The number of aliphatic hydroxyl groups excluding tert-OH is 1. The Hall–Kier alpha value is 0.480. The molecular formula is C7H6Br2F2OS. The van der Waals surface area contributed by atoms with Gasteiger partial charge in [-0.25, -0.2) is 8.78 Å². The van der Waals surface area contributed by atoms with Crippen molar-refractivity contribution in [2.45, 2.75) is 19.0 Å². The van der Waals surface area contributed by atoms with Crippen LogP contribution >= 0.6 is 43.2 Å². The third-order valence-electron chi connectivity index (χ3n) is 1.46. The lowest BCUT2D eigenvalue weighted by Crippen LogP contribution is -2.21. The monoisotopic (exact) mass is 334 g/mol. The first kappa shape index (κ1) is 11.6. The fourth-order valence-electron chi connectivity index (χ4n) is 0.812. The molecular weight excluding hydrogens is 330 g/mol. The first-order chi connectivity index (χ1) is 5.82. The molecule has 0 saturated carbocycles. The maximum atomic E-state index is 12.7. The van der Waals surface area contributed by atoms with E-state index in [0.29, 0.717) is 14.5 Å². The van der Waals surface area contributed by atoms with Crippen LogP contribution in [0.4, 0.5) is 8.78 Å². The van der Waals surface area contributed by atoms with E-state index < -0.39 is 12.0 Å². The van der Waals surface area contributed by atoms with Crippen molar-refractivity contribution >= 4 is 43.2 Å². The van der Waals surface area contributed by atoms with Crippen LogP contribution < -0.4 is 0 Å². The Labute approximate surface area is 95.0 Å². The third kappa shape index (κ3) is 2.71. The number of hydrogen-bond acceptors (Lipinski definition) is 2. The van der Waals surface area contributed by atoms with E-state index in [1.165, 1.54) is 17.4 Å². The Balaban J connectivity index is 3.01. The summed E-state index contributed by atoms with van der Waals surface area (Å²) in [4.78, 5) is 0.